The van der Waals surface area contributed by atoms with Gasteiger partial charge in [-0.25, -0.2) is 4.39 Å². The van der Waals surface area contributed by atoms with Crippen molar-refractivity contribution in [3.63, 3.8) is 0 Å². The summed E-state index contributed by atoms with van der Waals surface area (Å²) < 4.78 is 28.2. The first kappa shape index (κ1) is 8.87. The molecule has 0 aromatic heterocycles. The van der Waals surface area contributed by atoms with Crippen LogP contribution in [0.3, 0.4) is 0 Å². The maximum Gasteiger partial charge on any atom is 0.266 e. The third-order valence-electron chi connectivity index (χ3n) is 1.91. The summed E-state index contributed by atoms with van der Waals surface area (Å²) in [5.41, 5.74) is 0.619. The van der Waals surface area contributed by atoms with Crippen molar-refractivity contribution in [1.29, 1.82) is 0 Å². The molecule has 0 saturated heterocycles. The first-order valence-electron chi connectivity index (χ1n) is 4.10. The Hall–Kier alpha value is -1.71. The number of ether oxygens (including phenoxy) is 3. The summed E-state index contributed by atoms with van der Waals surface area (Å²) in [5.74, 6) is -0.219. The molecule has 1 aromatic carbocycles. The minimum absolute atomic E-state index is 0.208. The number of hydrogen-bond donors (Lipinski definition) is 0. The monoisotopic (exact) mass is 196 g/mol. The van der Waals surface area contributed by atoms with Crippen LogP contribution in [0.5, 0.6) is 5.75 Å². The lowest BCUT2D eigenvalue weighted by molar-refractivity contribution is -0.0248. The number of benzene rings is 1. The van der Waals surface area contributed by atoms with E-state index in [0.717, 1.165) is 0 Å². The summed E-state index contributed by atoms with van der Waals surface area (Å²) >= 11 is 0. The van der Waals surface area contributed by atoms with Crippen LogP contribution in [-0.4, -0.2) is 7.11 Å². The summed E-state index contributed by atoms with van der Waals surface area (Å²) in [4.78, 5) is 0. The van der Waals surface area contributed by atoms with Gasteiger partial charge in [-0.3, -0.25) is 0 Å². The molecule has 1 aliphatic rings. The van der Waals surface area contributed by atoms with Crippen molar-refractivity contribution in [3.05, 3.63) is 42.1 Å². The van der Waals surface area contributed by atoms with Crippen molar-refractivity contribution in [2.45, 2.75) is 6.29 Å². The van der Waals surface area contributed by atoms with Gasteiger partial charge < -0.3 is 14.2 Å². The van der Waals surface area contributed by atoms with Crippen molar-refractivity contribution >= 4 is 0 Å². The van der Waals surface area contributed by atoms with Gasteiger partial charge in [-0.15, -0.1) is 0 Å². The van der Waals surface area contributed by atoms with Crippen molar-refractivity contribution in [3.8, 4) is 5.75 Å². The molecular formula is C10H9FO3. The lowest BCUT2D eigenvalue weighted by Crippen LogP contribution is -1.99. The molecule has 0 radical (unpaired) electrons. The fraction of sp³-hybridized carbons (Fsp3) is 0.200. The molecule has 1 aromatic rings. The van der Waals surface area contributed by atoms with Crippen molar-refractivity contribution in [2.24, 2.45) is 0 Å². The highest BCUT2D eigenvalue weighted by Gasteiger charge is 2.17. The Kier molecular flexibility index (Phi) is 2.26. The summed E-state index contributed by atoms with van der Waals surface area (Å²) in [5, 5.41) is 0. The Morgan fingerprint density at radius 2 is 2.00 bits per heavy atom. The fourth-order valence-electron chi connectivity index (χ4n) is 1.23. The summed E-state index contributed by atoms with van der Waals surface area (Å²) in [6.45, 7) is 0. The van der Waals surface area contributed by atoms with Gasteiger partial charge >= 0.3 is 0 Å². The zero-order valence-electron chi connectivity index (χ0n) is 7.57. The van der Waals surface area contributed by atoms with Crippen LogP contribution in [0.2, 0.25) is 0 Å². The molecular weight excluding hydrogens is 187 g/mol. The second-order valence-electron chi connectivity index (χ2n) is 2.77. The Morgan fingerprint density at radius 1 is 1.29 bits per heavy atom. The number of hydrogen-bond acceptors (Lipinski definition) is 3. The van der Waals surface area contributed by atoms with Gasteiger partial charge in [0.15, 0.2) is 11.6 Å². The second-order valence-corrected chi connectivity index (χ2v) is 2.77. The number of halogens is 1. The minimum atomic E-state index is -0.546. The Morgan fingerprint density at radius 3 is 2.57 bits per heavy atom. The predicted molar refractivity (Wildman–Crippen MR) is 47.0 cm³/mol. The van der Waals surface area contributed by atoms with Gasteiger partial charge in [0.2, 0.25) is 0 Å². The number of methoxy groups -OCH3 is 1. The maximum atomic E-state index is 13.2. The highest BCUT2D eigenvalue weighted by Crippen LogP contribution is 2.27. The standard InChI is InChI=1S/C10H9FO3/c1-12-9-3-2-7(6-8(9)11)10-13-4-5-14-10/h2-6,10H,1H3. The minimum Gasteiger partial charge on any atom is -0.494 e. The van der Waals surface area contributed by atoms with Crippen molar-refractivity contribution in [2.75, 3.05) is 7.11 Å². The van der Waals surface area contributed by atoms with Crippen LogP contribution in [0.4, 0.5) is 4.39 Å². The van der Waals surface area contributed by atoms with Gasteiger partial charge in [0, 0.05) is 5.56 Å². The molecule has 74 valence electrons. The summed E-state index contributed by atoms with van der Waals surface area (Å²) in [6.07, 6.45) is 2.30. The van der Waals surface area contributed by atoms with Gasteiger partial charge in [0.25, 0.3) is 6.29 Å². The molecule has 0 fully saturated rings. The van der Waals surface area contributed by atoms with E-state index in [1.54, 1.807) is 6.07 Å². The molecule has 14 heavy (non-hydrogen) atoms. The van der Waals surface area contributed by atoms with Crippen LogP contribution in [0, 0.1) is 5.82 Å². The highest BCUT2D eigenvalue weighted by atomic mass is 19.1. The van der Waals surface area contributed by atoms with Crippen molar-refractivity contribution in [1.82, 2.24) is 0 Å². The largest absolute Gasteiger partial charge is 0.494 e. The van der Waals surface area contributed by atoms with Crippen LogP contribution < -0.4 is 4.74 Å². The van der Waals surface area contributed by atoms with E-state index in [1.165, 1.54) is 31.8 Å². The molecule has 1 heterocycles. The van der Waals surface area contributed by atoms with E-state index in [-0.39, 0.29) is 5.75 Å². The molecule has 0 bridgehead atoms. The van der Waals surface area contributed by atoms with Gasteiger partial charge in [-0.1, -0.05) is 0 Å². The van der Waals surface area contributed by atoms with Crippen LogP contribution in [-0.2, 0) is 9.47 Å². The maximum absolute atomic E-state index is 13.2. The smallest absolute Gasteiger partial charge is 0.266 e. The third-order valence-corrected chi connectivity index (χ3v) is 1.91. The Balaban J connectivity index is 2.23. The molecule has 1 aliphatic heterocycles. The average Bonchev–Trinajstić information content (AvgIpc) is 2.70. The van der Waals surface area contributed by atoms with Gasteiger partial charge in [0.05, 0.1) is 7.11 Å². The highest BCUT2D eigenvalue weighted by molar-refractivity contribution is 5.30. The number of rotatable bonds is 2. The van der Waals surface area contributed by atoms with Gasteiger partial charge in [-0.05, 0) is 18.2 Å². The van der Waals surface area contributed by atoms with Crippen LogP contribution in [0.25, 0.3) is 0 Å². The zero-order valence-corrected chi connectivity index (χ0v) is 7.57. The molecule has 0 amide bonds. The lowest BCUT2D eigenvalue weighted by Gasteiger charge is -2.11. The second kappa shape index (κ2) is 3.57. The van der Waals surface area contributed by atoms with Gasteiger partial charge in [0.1, 0.15) is 12.5 Å². The predicted octanol–water partition coefficient (Wildman–Crippen LogP) is 2.35. The van der Waals surface area contributed by atoms with Crippen LogP contribution in [0.1, 0.15) is 11.9 Å². The van der Waals surface area contributed by atoms with Crippen molar-refractivity contribution < 1.29 is 18.6 Å². The molecule has 0 N–H and O–H groups in total. The van der Waals surface area contributed by atoms with E-state index in [2.05, 4.69) is 0 Å². The van der Waals surface area contributed by atoms with E-state index in [4.69, 9.17) is 14.2 Å². The zero-order chi connectivity index (χ0) is 9.97. The quantitative estimate of drug-likeness (QED) is 0.726. The normalized spacial score (nSPS) is 15.0. The Bertz CT molecular complexity index is 354. The third kappa shape index (κ3) is 1.51. The molecule has 0 aliphatic carbocycles. The van der Waals surface area contributed by atoms with E-state index < -0.39 is 12.1 Å². The summed E-state index contributed by atoms with van der Waals surface area (Å²) in [6, 6.07) is 4.56. The fourth-order valence-corrected chi connectivity index (χ4v) is 1.23. The van der Waals surface area contributed by atoms with Crippen LogP contribution >= 0.6 is 0 Å². The molecule has 0 unspecified atom stereocenters. The Labute approximate surface area is 80.7 Å². The topological polar surface area (TPSA) is 27.7 Å². The SMILES string of the molecule is COc1ccc(C2OC=CO2)cc1F. The van der Waals surface area contributed by atoms with E-state index in [1.807, 2.05) is 0 Å². The lowest BCUT2D eigenvalue weighted by atomic mass is 10.2. The van der Waals surface area contributed by atoms with E-state index in [0.29, 0.717) is 5.56 Å². The molecule has 2 rings (SSSR count). The molecule has 0 saturated carbocycles. The van der Waals surface area contributed by atoms with E-state index >= 15 is 0 Å². The molecule has 0 spiro atoms. The van der Waals surface area contributed by atoms with E-state index in [9.17, 15) is 4.39 Å². The summed E-state index contributed by atoms with van der Waals surface area (Å²) in [7, 11) is 1.42. The molecule has 3 nitrogen and oxygen atoms in total. The average molecular weight is 196 g/mol. The van der Waals surface area contributed by atoms with Gasteiger partial charge in [-0.2, -0.15) is 0 Å². The van der Waals surface area contributed by atoms with Crippen LogP contribution in [0.15, 0.2) is 30.7 Å². The molecule has 0 atom stereocenters. The molecule has 4 heteroatoms. The first-order chi connectivity index (χ1) is 6.81. The first-order valence-corrected chi connectivity index (χ1v) is 4.10.